The third kappa shape index (κ3) is 4.85. The Hall–Kier alpha value is -1.63. The molecule has 2 amide bonds. The zero-order chi connectivity index (χ0) is 19.3. The second-order valence-electron chi connectivity index (χ2n) is 8.49. The minimum Gasteiger partial charge on any atom is -0.381 e. The summed E-state index contributed by atoms with van der Waals surface area (Å²) < 4.78 is 17.2. The van der Waals surface area contributed by atoms with Crippen LogP contribution in [0.3, 0.4) is 0 Å². The summed E-state index contributed by atoms with van der Waals surface area (Å²) in [5.74, 6) is 0. The standard InChI is InChI=1S/C22H32N2O4/c25-20(23-19-6-11-28-22(17-19)9-14-27-15-10-22)24-21(7-12-26-13-8-21)16-18-4-2-1-3-5-18/h1-5,19H,6-17H2,(H2,23,24,25). The van der Waals surface area contributed by atoms with Crippen molar-refractivity contribution in [3.8, 4) is 0 Å². The molecule has 3 fully saturated rings. The first kappa shape index (κ1) is 19.7. The molecule has 1 aromatic rings. The van der Waals surface area contributed by atoms with Crippen LogP contribution in [0, 0.1) is 0 Å². The van der Waals surface area contributed by atoms with E-state index in [2.05, 4.69) is 34.9 Å². The summed E-state index contributed by atoms with van der Waals surface area (Å²) in [7, 11) is 0. The second kappa shape index (κ2) is 8.80. The van der Waals surface area contributed by atoms with Gasteiger partial charge in [0, 0.05) is 39.1 Å². The van der Waals surface area contributed by atoms with Gasteiger partial charge in [0.1, 0.15) is 0 Å². The summed E-state index contributed by atoms with van der Waals surface area (Å²) in [6, 6.07) is 10.5. The van der Waals surface area contributed by atoms with Gasteiger partial charge in [-0.3, -0.25) is 0 Å². The van der Waals surface area contributed by atoms with Crippen molar-refractivity contribution in [3.05, 3.63) is 35.9 Å². The van der Waals surface area contributed by atoms with Crippen molar-refractivity contribution in [2.24, 2.45) is 0 Å². The lowest BCUT2D eigenvalue weighted by molar-refractivity contribution is -0.139. The molecule has 6 heteroatoms. The average Bonchev–Trinajstić information content (AvgIpc) is 2.70. The van der Waals surface area contributed by atoms with Crippen LogP contribution in [0.15, 0.2) is 30.3 Å². The number of hydrogen-bond acceptors (Lipinski definition) is 4. The Bertz CT molecular complexity index is 634. The van der Waals surface area contributed by atoms with E-state index in [1.54, 1.807) is 0 Å². The Balaban J connectivity index is 1.37. The van der Waals surface area contributed by atoms with Crippen LogP contribution in [0.4, 0.5) is 4.79 Å². The van der Waals surface area contributed by atoms with Crippen molar-refractivity contribution < 1.29 is 19.0 Å². The van der Waals surface area contributed by atoms with Gasteiger partial charge in [-0.25, -0.2) is 4.79 Å². The van der Waals surface area contributed by atoms with Crippen LogP contribution < -0.4 is 10.6 Å². The van der Waals surface area contributed by atoms with Gasteiger partial charge in [0.15, 0.2) is 0 Å². The zero-order valence-corrected chi connectivity index (χ0v) is 16.6. The summed E-state index contributed by atoms with van der Waals surface area (Å²) in [6.07, 6.45) is 6.09. The van der Waals surface area contributed by atoms with Crippen molar-refractivity contribution in [1.29, 1.82) is 0 Å². The van der Waals surface area contributed by atoms with E-state index in [9.17, 15) is 4.79 Å². The topological polar surface area (TPSA) is 68.8 Å². The van der Waals surface area contributed by atoms with Crippen molar-refractivity contribution in [2.75, 3.05) is 33.0 Å². The van der Waals surface area contributed by atoms with Gasteiger partial charge in [-0.2, -0.15) is 0 Å². The second-order valence-corrected chi connectivity index (χ2v) is 8.49. The van der Waals surface area contributed by atoms with Crippen LogP contribution in [-0.2, 0) is 20.6 Å². The number of ether oxygens (including phenoxy) is 3. The maximum atomic E-state index is 12.9. The summed E-state index contributed by atoms with van der Waals surface area (Å²) >= 11 is 0. The number of hydrogen-bond donors (Lipinski definition) is 2. The lowest BCUT2D eigenvalue weighted by Crippen LogP contribution is -2.59. The van der Waals surface area contributed by atoms with E-state index in [1.165, 1.54) is 5.56 Å². The van der Waals surface area contributed by atoms with E-state index in [0.717, 1.165) is 58.2 Å². The van der Waals surface area contributed by atoms with Gasteiger partial charge < -0.3 is 24.8 Å². The van der Waals surface area contributed by atoms with Crippen LogP contribution in [0.1, 0.15) is 44.1 Å². The van der Waals surface area contributed by atoms with E-state index >= 15 is 0 Å². The molecule has 28 heavy (non-hydrogen) atoms. The van der Waals surface area contributed by atoms with E-state index in [0.29, 0.717) is 19.8 Å². The predicted molar refractivity (Wildman–Crippen MR) is 106 cm³/mol. The molecule has 3 heterocycles. The maximum absolute atomic E-state index is 12.9. The van der Waals surface area contributed by atoms with Gasteiger partial charge in [-0.1, -0.05) is 30.3 Å². The smallest absolute Gasteiger partial charge is 0.315 e. The first-order valence-electron chi connectivity index (χ1n) is 10.6. The Labute approximate surface area is 167 Å². The Morgan fingerprint density at radius 3 is 2.36 bits per heavy atom. The fourth-order valence-electron chi connectivity index (χ4n) is 4.80. The normalized spacial score (nSPS) is 26.5. The fourth-order valence-corrected chi connectivity index (χ4v) is 4.80. The summed E-state index contributed by atoms with van der Waals surface area (Å²) in [4.78, 5) is 12.9. The molecule has 3 aliphatic heterocycles. The van der Waals surface area contributed by atoms with E-state index in [4.69, 9.17) is 14.2 Å². The predicted octanol–water partition coefficient (Wildman–Crippen LogP) is 2.81. The number of urea groups is 1. The van der Waals surface area contributed by atoms with Crippen LogP contribution in [0.25, 0.3) is 0 Å². The van der Waals surface area contributed by atoms with Gasteiger partial charge in [-0.15, -0.1) is 0 Å². The quantitative estimate of drug-likeness (QED) is 0.832. The molecule has 1 spiro atoms. The monoisotopic (exact) mass is 388 g/mol. The highest BCUT2D eigenvalue weighted by molar-refractivity contribution is 5.75. The molecule has 1 atom stereocenters. The van der Waals surface area contributed by atoms with Crippen LogP contribution in [0.2, 0.25) is 0 Å². The molecule has 2 N–H and O–H groups in total. The van der Waals surface area contributed by atoms with Crippen LogP contribution in [0.5, 0.6) is 0 Å². The summed E-state index contributed by atoms with van der Waals surface area (Å²) in [5.41, 5.74) is 0.886. The molecule has 0 saturated carbocycles. The maximum Gasteiger partial charge on any atom is 0.315 e. The Morgan fingerprint density at radius 1 is 0.964 bits per heavy atom. The van der Waals surface area contributed by atoms with Gasteiger partial charge in [0.2, 0.25) is 0 Å². The van der Waals surface area contributed by atoms with Crippen LogP contribution in [-0.4, -0.2) is 56.2 Å². The van der Waals surface area contributed by atoms with E-state index < -0.39 is 0 Å². The third-order valence-electron chi connectivity index (χ3n) is 6.45. The van der Waals surface area contributed by atoms with E-state index in [1.807, 2.05) is 6.07 Å². The number of nitrogens with one attached hydrogen (secondary N) is 2. The number of carbonyl (C=O) groups excluding carboxylic acids is 1. The van der Waals surface area contributed by atoms with Crippen molar-refractivity contribution in [3.63, 3.8) is 0 Å². The largest absolute Gasteiger partial charge is 0.381 e. The highest BCUT2D eigenvalue weighted by Gasteiger charge is 2.40. The third-order valence-corrected chi connectivity index (χ3v) is 6.45. The molecular formula is C22H32N2O4. The minimum absolute atomic E-state index is 0.0630. The molecule has 154 valence electrons. The Kier molecular flexibility index (Phi) is 6.19. The zero-order valence-electron chi connectivity index (χ0n) is 16.6. The van der Waals surface area contributed by atoms with E-state index in [-0.39, 0.29) is 23.2 Å². The molecule has 0 bridgehead atoms. The lowest BCUT2D eigenvalue weighted by atomic mass is 9.83. The molecule has 3 aliphatic rings. The highest BCUT2D eigenvalue weighted by Crippen LogP contribution is 2.34. The van der Waals surface area contributed by atoms with Crippen molar-refractivity contribution >= 4 is 6.03 Å². The molecule has 1 aromatic carbocycles. The summed E-state index contributed by atoms with van der Waals surface area (Å²) in [6.45, 7) is 3.58. The molecule has 0 radical (unpaired) electrons. The molecule has 3 saturated heterocycles. The first-order chi connectivity index (χ1) is 13.7. The van der Waals surface area contributed by atoms with Gasteiger partial charge in [0.05, 0.1) is 11.1 Å². The van der Waals surface area contributed by atoms with Gasteiger partial charge in [0.25, 0.3) is 0 Å². The average molecular weight is 389 g/mol. The highest BCUT2D eigenvalue weighted by atomic mass is 16.5. The number of amides is 2. The Morgan fingerprint density at radius 2 is 1.64 bits per heavy atom. The molecule has 0 aliphatic carbocycles. The molecule has 1 unspecified atom stereocenters. The number of benzene rings is 1. The van der Waals surface area contributed by atoms with Gasteiger partial charge >= 0.3 is 6.03 Å². The first-order valence-corrected chi connectivity index (χ1v) is 10.6. The number of rotatable bonds is 4. The van der Waals surface area contributed by atoms with Crippen LogP contribution >= 0.6 is 0 Å². The molecule has 4 rings (SSSR count). The van der Waals surface area contributed by atoms with Crippen molar-refractivity contribution in [1.82, 2.24) is 10.6 Å². The van der Waals surface area contributed by atoms with Crippen molar-refractivity contribution in [2.45, 2.75) is 62.1 Å². The minimum atomic E-state index is -0.245. The SMILES string of the molecule is O=C(NC1CCOC2(CCOCC2)C1)NC1(Cc2ccccc2)CCOCC1. The van der Waals surface area contributed by atoms with Gasteiger partial charge in [-0.05, 0) is 50.5 Å². The molecule has 0 aromatic heterocycles. The molecular weight excluding hydrogens is 356 g/mol. The molecule has 6 nitrogen and oxygen atoms in total. The fraction of sp³-hybridized carbons (Fsp3) is 0.682. The lowest BCUT2D eigenvalue weighted by Gasteiger charge is -2.44. The summed E-state index contributed by atoms with van der Waals surface area (Å²) in [5, 5.41) is 6.56. The number of carbonyl (C=O) groups is 1.